The molecule has 0 bridgehead atoms. The minimum Gasteiger partial charge on any atom is -0.490 e. The van der Waals surface area contributed by atoms with Gasteiger partial charge in [-0.3, -0.25) is 0 Å². The van der Waals surface area contributed by atoms with Crippen LogP contribution in [0, 0.1) is 0 Å². The number of carbonyl (C=O) groups is 2. The Morgan fingerprint density at radius 2 is 1.87 bits per heavy atom. The maximum Gasteiger partial charge on any atom is 0.330 e. The maximum atomic E-state index is 12.3. The summed E-state index contributed by atoms with van der Waals surface area (Å²) in [6.45, 7) is 10.3. The smallest absolute Gasteiger partial charge is 0.330 e. The number of nitrogens with one attached hydrogen (secondary N) is 2. The highest BCUT2D eigenvalue weighted by Gasteiger charge is 2.10. The Morgan fingerprint density at radius 1 is 1.10 bits per heavy atom. The molecular weight excluding hydrogens is 382 g/mol. The first-order valence-electron chi connectivity index (χ1n) is 10.8. The van der Waals surface area contributed by atoms with Gasteiger partial charge in [-0.05, 0) is 43.3 Å². The highest BCUT2D eigenvalue weighted by molar-refractivity contribution is 5.92. The molecule has 30 heavy (non-hydrogen) atoms. The van der Waals surface area contributed by atoms with Crippen LogP contribution in [0.5, 0.6) is 5.75 Å². The predicted molar refractivity (Wildman–Crippen MR) is 122 cm³/mol. The van der Waals surface area contributed by atoms with E-state index in [4.69, 9.17) is 4.74 Å². The SMILES string of the molecule is CCCCCCNC(=O)Nc1cc(/C=C/C(=O)OC)ccc1OCCN(CC)CC. The number of amides is 2. The molecule has 2 N–H and O–H groups in total. The monoisotopic (exact) mass is 419 g/mol. The number of carbonyl (C=O) groups excluding carboxylic acids is 2. The van der Waals surface area contributed by atoms with Gasteiger partial charge < -0.3 is 25.0 Å². The van der Waals surface area contributed by atoms with Gasteiger partial charge in [-0.2, -0.15) is 0 Å². The predicted octanol–water partition coefficient (Wildman–Crippen LogP) is 4.30. The van der Waals surface area contributed by atoms with E-state index in [1.165, 1.54) is 19.6 Å². The van der Waals surface area contributed by atoms with Crippen molar-refractivity contribution in [3.63, 3.8) is 0 Å². The minimum atomic E-state index is -0.436. The molecular formula is C23H37N3O4. The first kappa shape index (κ1) is 25.5. The Bertz CT molecular complexity index is 672. The van der Waals surface area contributed by atoms with Crippen LogP contribution in [-0.4, -0.2) is 56.8 Å². The van der Waals surface area contributed by atoms with Crippen molar-refractivity contribution in [2.75, 3.05) is 45.2 Å². The summed E-state index contributed by atoms with van der Waals surface area (Å²) in [5.41, 5.74) is 1.32. The molecule has 0 saturated heterocycles. The van der Waals surface area contributed by atoms with Gasteiger partial charge in [0.15, 0.2) is 0 Å². The molecule has 168 valence electrons. The second-order valence-corrected chi connectivity index (χ2v) is 6.93. The lowest BCUT2D eigenvalue weighted by molar-refractivity contribution is -0.134. The molecule has 0 aliphatic heterocycles. The van der Waals surface area contributed by atoms with E-state index >= 15 is 0 Å². The third kappa shape index (κ3) is 10.3. The van der Waals surface area contributed by atoms with Crippen LogP contribution in [0.15, 0.2) is 24.3 Å². The fourth-order valence-corrected chi connectivity index (χ4v) is 2.85. The lowest BCUT2D eigenvalue weighted by atomic mass is 10.1. The van der Waals surface area contributed by atoms with Gasteiger partial charge in [0.1, 0.15) is 12.4 Å². The van der Waals surface area contributed by atoms with Gasteiger partial charge in [0.05, 0.1) is 12.8 Å². The lowest BCUT2D eigenvalue weighted by Crippen LogP contribution is -2.30. The van der Waals surface area contributed by atoms with Crippen LogP contribution in [0.4, 0.5) is 10.5 Å². The molecule has 0 aliphatic carbocycles. The quantitative estimate of drug-likeness (QED) is 0.267. The van der Waals surface area contributed by atoms with Crippen LogP contribution in [0.3, 0.4) is 0 Å². The van der Waals surface area contributed by atoms with E-state index in [1.807, 2.05) is 6.07 Å². The molecule has 0 heterocycles. The van der Waals surface area contributed by atoms with Crippen LogP contribution in [-0.2, 0) is 9.53 Å². The molecule has 1 aromatic carbocycles. The Hall–Kier alpha value is -2.54. The molecule has 1 aromatic rings. The van der Waals surface area contributed by atoms with Gasteiger partial charge in [-0.15, -0.1) is 0 Å². The van der Waals surface area contributed by atoms with Gasteiger partial charge in [-0.25, -0.2) is 9.59 Å². The van der Waals surface area contributed by atoms with Crippen LogP contribution in [0.1, 0.15) is 52.0 Å². The topological polar surface area (TPSA) is 79.9 Å². The summed E-state index contributed by atoms with van der Waals surface area (Å²) < 4.78 is 10.6. The van der Waals surface area contributed by atoms with Crippen molar-refractivity contribution in [2.45, 2.75) is 46.5 Å². The van der Waals surface area contributed by atoms with Crippen molar-refractivity contribution in [1.82, 2.24) is 10.2 Å². The molecule has 0 spiro atoms. The molecule has 1 rings (SSSR count). The molecule has 0 radical (unpaired) electrons. The number of nitrogens with zero attached hydrogens (tertiary/aromatic N) is 1. The summed E-state index contributed by atoms with van der Waals surface area (Å²) in [5, 5.41) is 5.75. The second-order valence-electron chi connectivity index (χ2n) is 6.93. The van der Waals surface area contributed by atoms with E-state index in [1.54, 1.807) is 18.2 Å². The Balaban J connectivity index is 2.80. The van der Waals surface area contributed by atoms with Crippen molar-refractivity contribution < 1.29 is 19.1 Å². The van der Waals surface area contributed by atoms with Crippen LogP contribution >= 0.6 is 0 Å². The van der Waals surface area contributed by atoms with E-state index in [0.717, 1.165) is 44.5 Å². The first-order valence-corrected chi connectivity index (χ1v) is 10.8. The van der Waals surface area contributed by atoms with E-state index in [-0.39, 0.29) is 6.03 Å². The number of methoxy groups -OCH3 is 1. The summed E-state index contributed by atoms with van der Waals surface area (Å²) in [6.07, 6.45) is 7.36. The fraction of sp³-hybridized carbons (Fsp3) is 0.565. The molecule has 0 saturated carbocycles. The Kier molecular flexibility index (Phi) is 13.0. The van der Waals surface area contributed by atoms with E-state index in [2.05, 4.69) is 41.0 Å². The molecule has 0 atom stereocenters. The summed E-state index contributed by atoms with van der Waals surface area (Å²) in [6, 6.07) is 5.15. The number of esters is 1. The van der Waals surface area contributed by atoms with Gasteiger partial charge >= 0.3 is 12.0 Å². The van der Waals surface area contributed by atoms with E-state index in [9.17, 15) is 9.59 Å². The molecule has 0 aliphatic rings. The highest BCUT2D eigenvalue weighted by Crippen LogP contribution is 2.26. The Morgan fingerprint density at radius 3 is 2.53 bits per heavy atom. The van der Waals surface area contributed by atoms with E-state index < -0.39 is 5.97 Å². The second kappa shape index (κ2) is 15.3. The molecule has 7 nitrogen and oxygen atoms in total. The van der Waals surface area contributed by atoms with Crippen LogP contribution in [0.2, 0.25) is 0 Å². The number of hydrogen-bond donors (Lipinski definition) is 2. The number of likely N-dealkylation sites (N-methyl/N-ethyl adjacent to an activating group) is 1. The number of unbranched alkanes of at least 4 members (excludes halogenated alkanes) is 3. The number of anilines is 1. The summed E-state index contributed by atoms with van der Waals surface area (Å²) in [7, 11) is 1.33. The Labute approximate surface area is 180 Å². The number of rotatable bonds is 14. The highest BCUT2D eigenvalue weighted by atomic mass is 16.5. The third-order valence-electron chi connectivity index (χ3n) is 4.74. The number of hydrogen-bond acceptors (Lipinski definition) is 5. The average molecular weight is 420 g/mol. The third-order valence-corrected chi connectivity index (χ3v) is 4.74. The zero-order valence-corrected chi connectivity index (χ0v) is 18.8. The average Bonchev–Trinajstić information content (AvgIpc) is 2.76. The zero-order valence-electron chi connectivity index (χ0n) is 18.8. The molecule has 0 aromatic heterocycles. The maximum absolute atomic E-state index is 12.3. The van der Waals surface area contributed by atoms with Gasteiger partial charge in [-0.1, -0.05) is 46.1 Å². The minimum absolute atomic E-state index is 0.269. The van der Waals surface area contributed by atoms with Crippen molar-refractivity contribution in [3.8, 4) is 5.75 Å². The number of urea groups is 1. The van der Waals surface area contributed by atoms with Crippen molar-refractivity contribution in [2.24, 2.45) is 0 Å². The standard InChI is InChI=1S/C23H37N3O4/c1-5-8-9-10-15-24-23(28)25-20-18-19(12-14-22(27)29-4)11-13-21(20)30-17-16-26(6-2)7-3/h11-14,18H,5-10,15-17H2,1-4H3,(H2,24,25,28)/b14-12+. The van der Waals surface area contributed by atoms with Crippen LogP contribution in [0.25, 0.3) is 6.08 Å². The lowest BCUT2D eigenvalue weighted by Gasteiger charge is -2.19. The van der Waals surface area contributed by atoms with Gasteiger partial charge in [0.25, 0.3) is 0 Å². The zero-order chi connectivity index (χ0) is 22.2. The number of benzene rings is 1. The summed E-state index contributed by atoms with van der Waals surface area (Å²) in [4.78, 5) is 25.9. The molecule has 0 fully saturated rings. The summed E-state index contributed by atoms with van der Waals surface area (Å²) >= 11 is 0. The normalized spacial score (nSPS) is 11.0. The fourth-order valence-electron chi connectivity index (χ4n) is 2.85. The first-order chi connectivity index (χ1) is 14.5. The largest absolute Gasteiger partial charge is 0.490 e. The van der Waals surface area contributed by atoms with Crippen molar-refractivity contribution in [3.05, 3.63) is 29.8 Å². The molecule has 2 amide bonds. The van der Waals surface area contributed by atoms with Gasteiger partial charge in [0, 0.05) is 19.2 Å². The van der Waals surface area contributed by atoms with Crippen molar-refractivity contribution >= 4 is 23.8 Å². The summed E-state index contributed by atoms with van der Waals surface area (Å²) in [5.74, 6) is 0.160. The van der Waals surface area contributed by atoms with E-state index in [0.29, 0.717) is 24.6 Å². The number of ether oxygens (including phenoxy) is 2. The van der Waals surface area contributed by atoms with Gasteiger partial charge in [0.2, 0.25) is 0 Å². The molecule has 0 unspecified atom stereocenters. The van der Waals surface area contributed by atoms with Crippen LogP contribution < -0.4 is 15.4 Å². The van der Waals surface area contributed by atoms with Crippen molar-refractivity contribution in [1.29, 1.82) is 0 Å². The molecule has 7 heteroatoms.